The summed E-state index contributed by atoms with van der Waals surface area (Å²) in [6, 6.07) is 12.4. The average molecular weight is 509 g/mol. The molecule has 2 N–H and O–H groups in total. The number of hydrogen-bond donors (Lipinski definition) is 1. The lowest BCUT2D eigenvalue weighted by Crippen LogP contribution is -2.28. The van der Waals surface area contributed by atoms with Crippen molar-refractivity contribution < 1.29 is 13.5 Å². The zero-order valence-corrected chi connectivity index (χ0v) is 21.3. The molecule has 2 heterocycles. The number of hydrogen-bond acceptors (Lipinski definition) is 8. The van der Waals surface area contributed by atoms with Crippen LogP contribution in [0.3, 0.4) is 0 Å². The minimum atomic E-state index is -1.13. The van der Waals surface area contributed by atoms with Crippen LogP contribution in [0.2, 0.25) is 0 Å². The number of pyridine rings is 1. The van der Waals surface area contributed by atoms with E-state index in [1.54, 1.807) is 12.3 Å². The van der Waals surface area contributed by atoms with Gasteiger partial charge in [0.1, 0.15) is 18.1 Å². The number of likely N-dealkylation sites (N-methyl/N-ethyl adjacent to an activating group) is 1. The number of anilines is 2. The summed E-state index contributed by atoms with van der Waals surface area (Å²) in [5.41, 5.74) is 9.06. The van der Waals surface area contributed by atoms with Crippen molar-refractivity contribution in [1.82, 2.24) is 30.1 Å². The first-order valence-corrected chi connectivity index (χ1v) is 12.0. The molecule has 194 valence electrons. The fourth-order valence-corrected chi connectivity index (χ4v) is 3.91. The number of rotatable bonds is 10. The SMILES string of the molecule is CCN(CC)CCOc1ccc(-n2nnnc2-c2cc(-c3cccc(N(C)C)c3)cnc2N)c(F)c1F. The molecule has 4 aromatic rings. The number of halogens is 2. The summed E-state index contributed by atoms with van der Waals surface area (Å²) in [6.07, 6.45) is 1.65. The standard InChI is InChI=1S/C26H30F2N8O/c1-5-35(6-2)12-13-37-22-11-10-21(23(27)24(22)28)36-26(31-32-33-36)20-15-18(16-30-25(20)29)17-8-7-9-19(14-17)34(3)4/h7-11,14-16H,5-6,12-13H2,1-4H3,(H2,29,30). The van der Waals surface area contributed by atoms with Crippen LogP contribution < -0.4 is 15.4 Å². The lowest BCUT2D eigenvalue weighted by Gasteiger charge is -2.18. The molecule has 0 bridgehead atoms. The highest BCUT2D eigenvalue weighted by Gasteiger charge is 2.22. The van der Waals surface area contributed by atoms with E-state index in [2.05, 4.69) is 25.4 Å². The summed E-state index contributed by atoms with van der Waals surface area (Å²) in [5, 5.41) is 11.6. The van der Waals surface area contributed by atoms with Gasteiger partial charge in [0, 0.05) is 38.1 Å². The minimum Gasteiger partial charge on any atom is -0.489 e. The molecule has 0 fully saturated rings. The molecule has 37 heavy (non-hydrogen) atoms. The van der Waals surface area contributed by atoms with E-state index in [9.17, 15) is 4.39 Å². The molecule has 0 spiro atoms. The maximum Gasteiger partial charge on any atom is 0.202 e. The fourth-order valence-electron chi connectivity index (χ4n) is 3.91. The van der Waals surface area contributed by atoms with Crippen LogP contribution >= 0.6 is 0 Å². The molecule has 0 atom stereocenters. The highest BCUT2D eigenvalue weighted by Crippen LogP contribution is 2.32. The van der Waals surface area contributed by atoms with E-state index in [1.165, 1.54) is 12.1 Å². The number of benzene rings is 2. The number of tetrazole rings is 1. The molecule has 0 saturated heterocycles. The van der Waals surface area contributed by atoms with Crippen molar-refractivity contribution in [3.05, 3.63) is 60.3 Å². The van der Waals surface area contributed by atoms with Crippen molar-refractivity contribution >= 4 is 11.5 Å². The van der Waals surface area contributed by atoms with E-state index >= 15 is 4.39 Å². The van der Waals surface area contributed by atoms with Crippen molar-refractivity contribution in [2.45, 2.75) is 13.8 Å². The topological polar surface area (TPSA) is 98.2 Å². The van der Waals surface area contributed by atoms with Crippen LogP contribution in [-0.4, -0.2) is 70.4 Å². The molecule has 0 aliphatic rings. The molecule has 2 aromatic carbocycles. The second kappa shape index (κ2) is 11.3. The smallest absolute Gasteiger partial charge is 0.202 e. The Morgan fingerprint density at radius 2 is 1.78 bits per heavy atom. The lowest BCUT2D eigenvalue weighted by molar-refractivity contribution is 0.215. The molecule has 0 unspecified atom stereocenters. The van der Waals surface area contributed by atoms with E-state index in [0.717, 1.165) is 34.6 Å². The van der Waals surface area contributed by atoms with Gasteiger partial charge in [-0.15, -0.1) is 5.10 Å². The van der Waals surface area contributed by atoms with E-state index in [1.807, 2.05) is 57.1 Å². The van der Waals surface area contributed by atoms with Crippen LogP contribution in [0.1, 0.15) is 13.8 Å². The van der Waals surface area contributed by atoms with E-state index in [0.29, 0.717) is 12.1 Å². The fraction of sp³-hybridized carbons (Fsp3) is 0.308. The molecular formula is C26H30F2N8O. The Bertz CT molecular complexity index is 1370. The zero-order valence-electron chi connectivity index (χ0n) is 21.3. The largest absolute Gasteiger partial charge is 0.489 e. The molecule has 0 aliphatic heterocycles. The molecule has 11 heteroatoms. The van der Waals surface area contributed by atoms with Crippen molar-refractivity contribution in [2.24, 2.45) is 0 Å². The Morgan fingerprint density at radius 1 is 1.00 bits per heavy atom. The van der Waals surface area contributed by atoms with E-state index in [-0.39, 0.29) is 29.7 Å². The minimum absolute atomic E-state index is 0.129. The van der Waals surface area contributed by atoms with E-state index in [4.69, 9.17) is 10.5 Å². The zero-order chi connectivity index (χ0) is 26.5. The average Bonchev–Trinajstić information content (AvgIpc) is 3.38. The lowest BCUT2D eigenvalue weighted by atomic mass is 10.0. The Morgan fingerprint density at radius 3 is 2.51 bits per heavy atom. The van der Waals surface area contributed by atoms with Crippen molar-refractivity contribution in [3.63, 3.8) is 0 Å². The summed E-state index contributed by atoms with van der Waals surface area (Å²) in [6.45, 7) is 6.59. The van der Waals surface area contributed by atoms with Gasteiger partial charge in [0.15, 0.2) is 17.4 Å². The summed E-state index contributed by atoms with van der Waals surface area (Å²) in [4.78, 5) is 8.41. The van der Waals surface area contributed by atoms with Gasteiger partial charge in [0.05, 0.1) is 5.56 Å². The number of aromatic nitrogens is 5. The Kier molecular flexibility index (Phi) is 7.92. The van der Waals surface area contributed by atoms with Gasteiger partial charge >= 0.3 is 0 Å². The molecule has 9 nitrogen and oxygen atoms in total. The van der Waals surface area contributed by atoms with Crippen LogP contribution in [0, 0.1) is 11.6 Å². The molecule has 0 saturated carbocycles. The second-order valence-electron chi connectivity index (χ2n) is 8.60. The normalized spacial score (nSPS) is 11.2. The highest BCUT2D eigenvalue weighted by atomic mass is 19.2. The number of nitrogens with two attached hydrogens (primary N) is 1. The predicted octanol–water partition coefficient (Wildman–Crippen LogP) is 4.04. The maximum atomic E-state index is 15.2. The summed E-state index contributed by atoms with van der Waals surface area (Å²) < 4.78 is 36.7. The molecule has 0 aliphatic carbocycles. The van der Waals surface area contributed by atoms with Gasteiger partial charge in [-0.3, -0.25) is 0 Å². The molecule has 4 rings (SSSR count). The van der Waals surface area contributed by atoms with Gasteiger partial charge in [0.25, 0.3) is 0 Å². The number of nitrogens with zero attached hydrogens (tertiary/aromatic N) is 7. The Balaban J connectivity index is 1.66. The van der Waals surface area contributed by atoms with Gasteiger partial charge in [-0.2, -0.15) is 9.07 Å². The van der Waals surface area contributed by atoms with Crippen molar-refractivity contribution in [2.75, 3.05) is 51.0 Å². The third-order valence-electron chi connectivity index (χ3n) is 6.14. The summed E-state index contributed by atoms with van der Waals surface area (Å²) in [5.74, 6) is -2.13. The molecule has 0 radical (unpaired) electrons. The van der Waals surface area contributed by atoms with Gasteiger partial charge in [-0.1, -0.05) is 26.0 Å². The first kappa shape index (κ1) is 26.0. The molecule has 0 amide bonds. The highest BCUT2D eigenvalue weighted by molar-refractivity contribution is 5.77. The second-order valence-corrected chi connectivity index (χ2v) is 8.60. The summed E-state index contributed by atoms with van der Waals surface area (Å²) in [7, 11) is 3.91. The van der Waals surface area contributed by atoms with E-state index < -0.39 is 11.6 Å². The van der Waals surface area contributed by atoms with Crippen LogP contribution in [-0.2, 0) is 0 Å². The Hall–Kier alpha value is -4.12. The molecule has 2 aromatic heterocycles. The van der Waals surface area contributed by atoms with Gasteiger partial charge < -0.3 is 20.3 Å². The number of ether oxygens (including phenoxy) is 1. The van der Waals surface area contributed by atoms with Crippen LogP contribution in [0.15, 0.2) is 48.7 Å². The van der Waals surface area contributed by atoms with Gasteiger partial charge in [-0.25, -0.2) is 9.37 Å². The first-order valence-electron chi connectivity index (χ1n) is 12.0. The van der Waals surface area contributed by atoms with Gasteiger partial charge in [0.2, 0.25) is 5.82 Å². The van der Waals surface area contributed by atoms with Crippen LogP contribution in [0.25, 0.3) is 28.2 Å². The number of nitrogen functional groups attached to an aromatic ring is 1. The van der Waals surface area contributed by atoms with Crippen molar-refractivity contribution in [3.8, 4) is 34.0 Å². The third-order valence-corrected chi connectivity index (χ3v) is 6.14. The monoisotopic (exact) mass is 508 g/mol. The first-order chi connectivity index (χ1) is 17.8. The quantitative estimate of drug-likeness (QED) is 0.343. The van der Waals surface area contributed by atoms with Gasteiger partial charge in [-0.05, 0) is 59.4 Å². The summed E-state index contributed by atoms with van der Waals surface area (Å²) >= 11 is 0. The van der Waals surface area contributed by atoms with Crippen LogP contribution in [0.4, 0.5) is 20.3 Å². The predicted molar refractivity (Wildman–Crippen MR) is 140 cm³/mol. The third kappa shape index (κ3) is 5.51. The van der Waals surface area contributed by atoms with Crippen LogP contribution in [0.5, 0.6) is 5.75 Å². The molecular weight excluding hydrogens is 478 g/mol. The van der Waals surface area contributed by atoms with Crippen molar-refractivity contribution in [1.29, 1.82) is 0 Å². The Labute approximate surface area is 214 Å². The maximum absolute atomic E-state index is 15.2.